The molecule has 0 aromatic carbocycles. The molecule has 2 heteroatoms. The first-order chi connectivity index (χ1) is 8.19. The third-order valence-electron chi connectivity index (χ3n) is 5.85. The van der Waals surface area contributed by atoms with Gasteiger partial charge in [0.05, 0.1) is 0 Å². The number of likely N-dealkylation sites (tertiary alicyclic amines) is 1. The number of hydrogen-bond donors (Lipinski definition) is 1. The second-order valence-electron chi connectivity index (χ2n) is 7.02. The van der Waals surface area contributed by atoms with E-state index in [1.54, 1.807) is 0 Å². The molecular weight excluding hydrogens is 208 g/mol. The van der Waals surface area contributed by atoms with Crippen molar-refractivity contribution in [2.24, 2.45) is 17.1 Å². The number of nitrogens with two attached hydrogens (primary N) is 1. The molecule has 0 aromatic rings. The van der Waals surface area contributed by atoms with E-state index in [4.69, 9.17) is 5.73 Å². The van der Waals surface area contributed by atoms with Crippen molar-refractivity contribution in [1.82, 2.24) is 4.90 Å². The lowest BCUT2D eigenvalue weighted by atomic mass is 9.82. The minimum atomic E-state index is 0.409. The first-order valence-electron chi connectivity index (χ1n) is 7.69. The Morgan fingerprint density at radius 3 is 2.71 bits per heavy atom. The maximum atomic E-state index is 6.33. The van der Waals surface area contributed by atoms with E-state index in [1.807, 2.05) is 0 Å². The molecule has 98 valence electrons. The van der Waals surface area contributed by atoms with Crippen LogP contribution in [0.2, 0.25) is 0 Å². The smallest absolute Gasteiger partial charge is 0.0124 e. The Hall–Kier alpha value is -0.0800. The first-order valence-corrected chi connectivity index (χ1v) is 7.69. The summed E-state index contributed by atoms with van der Waals surface area (Å²) < 4.78 is 0. The topological polar surface area (TPSA) is 29.3 Å². The van der Waals surface area contributed by atoms with Gasteiger partial charge in [0.25, 0.3) is 0 Å². The Bertz CT molecular complexity index is 278. The molecule has 3 rings (SSSR count). The SMILES string of the molecule is CC1(CN2CCC3CCCCC32)CCCC1N. The van der Waals surface area contributed by atoms with Gasteiger partial charge in [-0.15, -0.1) is 0 Å². The first kappa shape index (κ1) is 12.0. The molecule has 0 radical (unpaired) electrons. The maximum absolute atomic E-state index is 6.33. The summed E-state index contributed by atoms with van der Waals surface area (Å²) in [6.45, 7) is 5.05. The van der Waals surface area contributed by atoms with Crippen LogP contribution in [0, 0.1) is 11.3 Å². The quantitative estimate of drug-likeness (QED) is 0.799. The highest BCUT2D eigenvalue weighted by molar-refractivity contribution is 4.98. The van der Waals surface area contributed by atoms with Crippen molar-refractivity contribution < 1.29 is 0 Å². The van der Waals surface area contributed by atoms with Gasteiger partial charge in [-0.1, -0.05) is 26.2 Å². The van der Waals surface area contributed by atoms with Crippen LogP contribution in [0.3, 0.4) is 0 Å². The normalized spacial score (nSPS) is 47.3. The third kappa shape index (κ3) is 2.15. The van der Waals surface area contributed by atoms with Crippen molar-refractivity contribution in [2.75, 3.05) is 13.1 Å². The molecule has 0 spiro atoms. The number of hydrogen-bond acceptors (Lipinski definition) is 2. The van der Waals surface area contributed by atoms with Crippen LogP contribution < -0.4 is 5.73 Å². The zero-order chi connectivity index (χ0) is 11.9. The second kappa shape index (κ2) is 4.55. The molecule has 0 aromatic heterocycles. The summed E-state index contributed by atoms with van der Waals surface area (Å²) in [6.07, 6.45) is 11.3. The summed E-state index contributed by atoms with van der Waals surface area (Å²) in [5, 5.41) is 0. The summed E-state index contributed by atoms with van der Waals surface area (Å²) in [5.74, 6) is 1.02. The lowest BCUT2D eigenvalue weighted by Gasteiger charge is -2.39. The van der Waals surface area contributed by atoms with Gasteiger partial charge < -0.3 is 5.73 Å². The fourth-order valence-corrected chi connectivity index (χ4v) is 4.62. The highest BCUT2D eigenvalue weighted by Crippen LogP contribution is 2.42. The van der Waals surface area contributed by atoms with E-state index in [-0.39, 0.29) is 0 Å². The summed E-state index contributed by atoms with van der Waals surface area (Å²) in [6, 6.07) is 1.36. The van der Waals surface area contributed by atoms with Gasteiger partial charge in [-0.3, -0.25) is 4.90 Å². The predicted octanol–water partition coefficient (Wildman–Crippen LogP) is 2.77. The standard InChI is InChI=1S/C15H28N2/c1-15(9-4-7-14(15)16)11-17-10-8-12-5-2-3-6-13(12)17/h12-14H,2-11,16H2,1H3. The Morgan fingerprint density at radius 2 is 1.94 bits per heavy atom. The zero-order valence-corrected chi connectivity index (χ0v) is 11.3. The number of nitrogens with zero attached hydrogens (tertiary/aromatic N) is 1. The van der Waals surface area contributed by atoms with Gasteiger partial charge in [0, 0.05) is 18.6 Å². The van der Waals surface area contributed by atoms with E-state index in [1.165, 1.54) is 64.5 Å². The van der Waals surface area contributed by atoms with E-state index in [2.05, 4.69) is 11.8 Å². The lowest BCUT2D eigenvalue weighted by molar-refractivity contribution is 0.113. The van der Waals surface area contributed by atoms with Crippen molar-refractivity contribution in [2.45, 2.75) is 70.4 Å². The maximum Gasteiger partial charge on any atom is 0.0124 e. The molecule has 2 N–H and O–H groups in total. The Kier molecular flexibility index (Phi) is 3.20. The number of fused-ring (bicyclic) bond motifs is 1. The third-order valence-corrected chi connectivity index (χ3v) is 5.85. The van der Waals surface area contributed by atoms with Crippen molar-refractivity contribution in [3.8, 4) is 0 Å². The van der Waals surface area contributed by atoms with E-state index < -0.39 is 0 Å². The second-order valence-corrected chi connectivity index (χ2v) is 7.02. The van der Waals surface area contributed by atoms with Crippen LogP contribution in [0.5, 0.6) is 0 Å². The van der Waals surface area contributed by atoms with Crippen molar-refractivity contribution in [3.63, 3.8) is 0 Å². The van der Waals surface area contributed by atoms with Crippen LogP contribution in [-0.4, -0.2) is 30.1 Å². The van der Waals surface area contributed by atoms with Crippen LogP contribution in [0.4, 0.5) is 0 Å². The molecule has 0 amide bonds. The molecule has 4 atom stereocenters. The zero-order valence-electron chi connectivity index (χ0n) is 11.3. The molecule has 17 heavy (non-hydrogen) atoms. The highest BCUT2D eigenvalue weighted by Gasteiger charge is 2.42. The molecule has 1 aliphatic heterocycles. The van der Waals surface area contributed by atoms with Crippen LogP contribution in [0.25, 0.3) is 0 Å². The molecule has 1 saturated heterocycles. The average molecular weight is 236 g/mol. The molecule has 3 aliphatic rings. The average Bonchev–Trinajstić information content (AvgIpc) is 2.86. The summed E-state index contributed by atoms with van der Waals surface area (Å²) in [7, 11) is 0. The van der Waals surface area contributed by atoms with E-state index in [0.717, 1.165) is 12.0 Å². The van der Waals surface area contributed by atoms with Gasteiger partial charge in [0.1, 0.15) is 0 Å². The summed E-state index contributed by atoms with van der Waals surface area (Å²) in [4.78, 5) is 2.80. The lowest BCUT2D eigenvalue weighted by Crippen LogP contribution is -2.47. The minimum absolute atomic E-state index is 0.409. The number of rotatable bonds is 2. The van der Waals surface area contributed by atoms with Gasteiger partial charge in [-0.2, -0.15) is 0 Å². The van der Waals surface area contributed by atoms with Crippen LogP contribution in [0.15, 0.2) is 0 Å². The van der Waals surface area contributed by atoms with Gasteiger partial charge in [-0.05, 0) is 50.0 Å². The van der Waals surface area contributed by atoms with Gasteiger partial charge >= 0.3 is 0 Å². The van der Waals surface area contributed by atoms with E-state index >= 15 is 0 Å². The largest absolute Gasteiger partial charge is 0.327 e. The molecule has 1 heterocycles. The fraction of sp³-hybridized carbons (Fsp3) is 1.00. The Labute approximate surface area is 106 Å². The van der Waals surface area contributed by atoms with Crippen molar-refractivity contribution >= 4 is 0 Å². The molecule has 2 aliphatic carbocycles. The van der Waals surface area contributed by atoms with Gasteiger partial charge in [-0.25, -0.2) is 0 Å². The molecule has 3 fully saturated rings. The van der Waals surface area contributed by atoms with E-state index in [9.17, 15) is 0 Å². The fourth-order valence-electron chi connectivity index (χ4n) is 4.62. The van der Waals surface area contributed by atoms with Gasteiger partial charge in [0.15, 0.2) is 0 Å². The van der Waals surface area contributed by atoms with Crippen molar-refractivity contribution in [1.29, 1.82) is 0 Å². The van der Waals surface area contributed by atoms with Crippen LogP contribution in [-0.2, 0) is 0 Å². The highest BCUT2D eigenvalue weighted by atomic mass is 15.2. The minimum Gasteiger partial charge on any atom is -0.327 e. The van der Waals surface area contributed by atoms with Gasteiger partial charge in [0.2, 0.25) is 0 Å². The van der Waals surface area contributed by atoms with Crippen LogP contribution in [0.1, 0.15) is 58.3 Å². The molecule has 4 unspecified atom stereocenters. The van der Waals surface area contributed by atoms with E-state index in [0.29, 0.717) is 11.5 Å². The predicted molar refractivity (Wildman–Crippen MR) is 71.9 cm³/mol. The Morgan fingerprint density at radius 1 is 1.12 bits per heavy atom. The molecule has 2 nitrogen and oxygen atoms in total. The summed E-state index contributed by atoms with van der Waals surface area (Å²) in [5.41, 5.74) is 6.74. The molecule has 2 saturated carbocycles. The molecule has 0 bridgehead atoms. The summed E-state index contributed by atoms with van der Waals surface area (Å²) >= 11 is 0. The molecular formula is C15H28N2. The Balaban J connectivity index is 1.65. The monoisotopic (exact) mass is 236 g/mol. The van der Waals surface area contributed by atoms with Crippen molar-refractivity contribution in [3.05, 3.63) is 0 Å². The van der Waals surface area contributed by atoms with Crippen LogP contribution >= 0.6 is 0 Å².